The molecule has 0 aliphatic heterocycles. The number of halogens is 2. The Kier molecular flexibility index (Phi) is 4.09. The summed E-state index contributed by atoms with van der Waals surface area (Å²) in [5.74, 6) is -0.576. The van der Waals surface area contributed by atoms with Gasteiger partial charge in [0.15, 0.2) is 0 Å². The average Bonchev–Trinajstić information content (AvgIpc) is 2.55. The number of nitrogens with zero attached hydrogens (tertiary/aromatic N) is 1. The topological polar surface area (TPSA) is 23.8 Å². The predicted molar refractivity (Wildman–Crippen MR) is 87.4 cm³/mol. The summed E-state index contributed by atoms with van der Waals surface area (Å²) in [6.45, 7) is 0. The van der Waals surface area contributed by atoms with Gasteiger partial charge in [0, 0.05) is 12.3 Å². The highest BCUT2D eigenvalue weighted by molar-refractivity contribution is 6.30. The van der Waals surface area contributed by atoms with E-state index in [4.69, 9.17) is 11.6 Å². The fourth-order valence-corrected chi connectivity index (χ4v) is 2.97. The third-order valence-electron chi connectivity index (χ3n) is 3.84. The van der Waals surface area contributed by atoms with Crippen LogP contribution in [-0.4, -0.2) is 0 Å². The van der Waals surface area contributed by atoms with Crippen LogP contribution in [0.25, 0.3) is 10.8 Å². The second-order valence-electron chi connectivity index (χ2n) is 5.16. The van der Waals surface area contributed by atoms with Crippen LogP contribution in [0, 0.1) is 17.1 Å². The molecule has 22 heavy (non-hydrogen) atoms. The molecule has 3 aromatic carbocycles. The van der Waals surface area contributed by atoms with Crippen molar-refractivity contribution < 1.29 is 4.39 Å². The third kappa shape index (κ3) is 2.68. The number of benzene rings is 3. The van der Waals surface area contributed by atoms with E-state index in [0.29, 0.717) is 6.42 Å². The summed E-state index contributed by atoms with van der Waals surface area (Å²) >= 11 is 5.91. The first kappa shape index (κ1) is 14.6. The highest BCUT2D eigenvalue weighted by Crippen LogP contribution is 2.34. The zero-order chi connectivity index (χ0) is 15.5. The minimum atomic E-state index is -0.445. The monoisotopic (exact) mass is 309 g/mol. The lowest BCUT2D eigenvalue weighted by Crippen LogP contribution is -2.02. The molecule has 0 aliphatic rings. The number of fused-ring (bicyclic) bond motifs is 1. The van der Waals surface area contributed by atoms with Gasteiger partial charge in [0.2, 0.25) is 0 Å². The van der Waals surface area contributed by atoms with Crippen molar-refractivity contribution >= 4 is 22.4 Å². The lowest BCUT2D eigenvalue weighted by atomic mass is 9.86. The first-order chi connectivity index (χ1) is 10.7. The van der Waals surface area contributed by atoms with Crippen molar-refractivity contribution in [2.24, 2.45) is 0 Å². The lowest BCUT2D eigenvalue weighted by molar-refractivity contribution is 0.626. The molecule has 3 heteroatoms. The summed E-state index contributed by atoms with van der Waals surface area (Å²) in [5, 5.41) is 11.5. The molecule has 0 aliphatic carbocycles. The Balaban J connectivity index is 2.18. The molecular weight excluding hydrogens is 297 g/mol. The van der Waals surface area contributed by atoms with Crippen molar-refractivity contribution in [2.75, 3.05) is 0 Å². The fourth-order valence-electron chi connectivity index (χ4n) is 2.78. The quantitative estimate of drug-likeness (QED) is 0.610. The van der Waals surface area contributed by atoms with Gasteiger partial charge < -0.3 is 0 Å². The van der Waals surface area contributed by atoms with E-state index in [-0.39, 0.29) is 10.9 Å². The number of hydrogen-bond donors (Lipinski definition) is 0. The summed E-state index contributed by atoms with van der Waals surface area (Å²) < 4.78 is 13.4. The summed E-state index contributed by atoms with van der Waals surface area (Å²) in [4.78, 5) is 0. The smallest absolute Gasteiger partial charge is 0.141 e. The molecule has 1 atom stereocenters. The van der Waals surface area contributed by atoms with Gasteiger partial charge in [-0.3, -0.25) is 0 Å². The van der Waals surface area contributed by atoms with Crippen molar-refractivity contribution in [3.63, 3.8) is 0 Å². The van der Waals surface area contributed by atoms with Crippen LogP contribution in [0.4, 0.5) is 4.39 Å². The Morgan fingerprint density at radius 2 is 1.82 bits per heavy atom. The van der Waals surface area contributed by atoms with Gasteiger partial charge in [-0.15, -0.1) is 0 Å². The molecule has 0 N–H and O–H groups in total. The standard InChI is InChI=1S/C19H13ClFN/c20-18-12-14(8-9-19(18)21)16(10-11-22)17-7-3-5-13-4-1-2-6-15(13)17/h1-9,12,16H,10H2/t16-/m1/s1. The highest BCUT2D eigenvalue weighted by Gasteiger charge is 2.17. The first-order valence-corrected chi connectivity index (χ1v) is 7.38. The van der Waals surface area contributed by atoms with E-state index in [0.717, 1.165) is 21.9 Å². The van der Waals surface area contributed by atoms with Crippen molar-refractivity contribution in [1.82, 2.24) is 0 Å². The summed E-state index contributed by atoms with van der Waals surface area (Å²) in [6.07, 6.45) is 0.315. The van der Waals surface area contributed by atoms with E-state index >= 15 is 0 Å². The fraction of sp³-hybridized carbons (Fsp3) is 0.105. The molecule has 0 fully saturated rings. The summed E-state index contributed by atoms with van der Waals surface area (Å²) in [7, 11) is 0. The van der Waals surface area contributed by atoms with Crippen molar-refractivity contribution in [3.05, 3.63) is 82.6 Å². The van der Waals surface area contributed by atoms with Gasteiger partial charge in [0.1, 0.15) is 5.82 Å². The minimum Gasteiger partial charge on any atom is -0.205 e. The molecule has 0 radical (unpaired) electrons. The van der Waals surface area contributed by atoms with Crippen LogP contribution >= 0.6 is 11.6 Å². The SMILES string of the molecule is N#CC[C@H](c1ccc(F)c(Cl)c1)c1cccc2ccccc12. The van der Waals surface area contributed by atoms with E-state index in [1.165, 1.54) is 6.07 Å². The van der Waals surface area contributed by atoms with Crippen molar-refractivity contribution in [3.8, 4) is 6.07 Å². The average molecular weight is 310 g/mol. The van der Waals surface area contributed by atoms with Gasteiger partial charge in [-0.05, 0) is 34.0 Å². The summed E-state index contributed by atoms with van der Waals surface area (Å²) in [5.41, 5.74) is 1.91. The second-order valence-corrected chi connectivity index (χ2v) is 5.56. The Morgan fingerprint density at radius 3 is 2.59 bits per heavy atom. The van der Waals surface area contributed by atoms with Crippen LogP contribution in [-0.2, 0) is 0 Å². The Morgan fingerprint density at radius 1 is 1.05 bits per heavy atom. The molecule has 0 saturated carbocycles. The normalized spacial score (nSPS) is 12.0. The summed E-state index contributed by atoms with van der Waals surface area (Å²) in [6, 6.07) is 21.0. The Hall–Kier alpha value is -2.37. The van der Waals surface area contributed by atoms with Crippen molar-refractivity contribution in [2.45, 2.75) is 12.3 Å². The second kappa shape index (κ2) is 6.17. The zero-order valence-corrected chi connectivity index (χ0v) is 12.5. The van der Waals surface area contributed by atoms with Crippen LogP contribution in [0.3, 0.4) is 0 Å². The van der Waals surface area contributed by atoms with E-state index in [1.807, 2.05) is 42.5 Å². The van der Waals surface area contributed by atoms with Crippen LogP contribution in [0.5, 0.6) is 0 Å². The van der Waals surface area contributed by atoms with Crippen LogP contribution < -0.4 is 0 Å². The molecule has 0 heterocycles. The molecular formula is C19H13ClFN. The van der Waals surface area contributed by atoms with Crippen molar-refractivity contribution in [1.29, 1.82) is 5.26 Å². The van der Waals surface area contributed by atoms with E-state index in [1.54, 1.807) is 12.1 Å². The van der Waals surface area contributed by atoms with Crippen LogP contribution in [0.1, 0.15) is 23.5 Å². The molecule has 108 valence electrons. The number of rotatable bonds is 3. The molecule has 0 amide bonds. The Labute approximate surface area is 133 Å². The molecule has 0 spiro atoms. The maximum absolute atomic E-state index is 13.4. The van der Waals surface area contributed by atoms with Crippen LogP contribution in [0.15, 0.2) is 60.7 Å². The van der Waals surface area contributed by atoms with Gasteiger partial charge >= 0.3 is 0 Å². The minimum absolute atomic E-state index is 0.0840. The van der Waals surface area contributed by atoms with E-state index in [9.17, 15) is 9.65 Å². The lowest BCUT2D eigenvalue weighted by Gasteiger charge is -2.17. The molecule has 0 bridgehead atoms. The van der Waals surface area contributed by atoms with Gasteiger partial charge in [-0.2, -0.15) is 5.26 Å². The largest absolute Gasteiger partial charge is 0.205 e. The number of nitriles is 1. The van der Waals surface area contributed by atoms with E-state index in [2.05, 4.69) is 6.07 Å². The highest BCUT2D eigenvalue weighted by atomic mass is 35.5. The van der Waals surface area contributed by atoms with Crippen LogP contribution in [0.2, 0.25) is 5.02 Å². The zero-order valence-electron chi connectivity index (χ0n) is 11.8. The predicted octanol–water partition coefficient (Wildman–Crippen LogP) is 5.68. The number of hydrogen-bond acceptors (Lipinski definition) is 1. The molecule has 0 unspecified atom stereocenters. The molecule has 3 aromatic rings. The molecule has 0 saturated heterocycles. The third-order valence-corrected chi connectivity index (χ3v) is 4.13. The van der Waals surface area contributed by atoms with Gasteiger partial charge in [0.05, 0.1) is 11.1 Å². The van der Waals surface area contributed by atoms with Gasteiger partial charge in [-0.1, -0.05) is 60.1 Å². The van der Waals surface area contributed by atoms with E-state index < -0.39 is 5.82 Å². The van der Waals surface area contributed by atoms with Gasteiger partial charge in [-0.25, -0.2) is 4.39 Å². The molecule has 0 aromatic heterocycles. The maximum Gasteiger partial charge on any atom is 0.141 e. The maximum atomic E-state index is 13.4. The molecule has 1 nitrogen and oxygen atoms in total. The molecule has 3 rings (SSSR count). The van der Waals surface area contributed by atoms with Gasteiger partial charge in [0.25, 0.3) is 0 Å². The first-order valence-electron chi connectivity index (χ1n) is 7.00. The Bertz CT molecular complexity index is 861.